The van der Waals surface area contributed by atoms with Gasteiger partial charge in [0.1, 0.15) is 0 Å². The molecule has 0 bridgehead atoms. The Labute approximate surface area is 81.1 Å². The maximum absolute atomic E-state index is 5.52. The van der Waals surface area contributed by atoms with Crippen LogP contribution in [0.5, 0.6) is 0 Å². The third-order valence-electron chi connectivity index (χ3n) is 1.81. The number of halogens is 1. The molecule has 74 valence electrons. The maximum atomic E-state index is 5.52. The lowest BCUT2D eigenvalue weighted by Crippen LogP contribution is -2.27. The van der Waals surface area contributed by atoms with Crippen LogP contribution in [-0.4, -0.2) is 31.6 Å². The van der Waals surface area contributed by atoms with E-state index in [0.717, 1.165) is 19.6 Å². The first-order valence-electron chi connectivity index (χ1n) is 4.81. The van der Waals surface area contributed by atoms with Gasteiger partial charge in [-0.1, -0.05) is 6.92 Å². The second-order valence-electron chi connectivity index (χ2n) is 3.04. The molecule has 0 amide bonds. The number of rotatable bonds is 8. The lowest BCUT2D eigenvalue weighted by Gasteiger charge is -2.11. The Bertz CT molecular complexity index is 88.6. The van der Waals surface area contributed by atoms with Gasteiger partial charge in [0, 0.05) is 18.5 Å². The van der Waals surface area contributed by atoms with Crippen molar-refractivity contribution < 1.29 is 0 Å². The van der Waals surface area contributed by atoms with E-state index in [1.807, 2.05) is 0 Å². The molecule has 1 atom stereocenters. The third kappa shape index (κ3) is 8.31. The van der Waals surface area contributed by atoms with Crippen LogP contribution in [0.3, 0.4) is 0 Å². The predicted molar refractivity (Wildman–Crippen MR) is 56.0 cm³/mol. The molecule has 2 N–H and O–H groups in total. The van der Waals surface area contributed by atoms with Gasteiger partial charge in [0.2, 0.25) is 0 Å². The molecule has 0 radical (unpaired) electrons. The van der Waals surface area contributed by atoms with Crippen LogP contribution in [0.25, 0.3) is 0 Å². The van der Waals surface area contributed by atoms with Gasteiger partial charge in [-0.15, -0.1) is 11.6 Å². The molecular weight excluding hydrogens is 172 g/mol. The molecule has 0 heterocycles. The van der Waals surface area contributed by atoms with Crippen LogP contribution in [0.15, 0.2) is 0 Å². The zero-order valence-corrected chi connectivity index (χ0v) is 8.95. The topological polar surface area (TPSA) is 24.1 Å². The fraction of sp³-hybridized carbons (Fsp3) is 1.00. The molecule has 0 aliphatic rings. The molecule has 0 rings (SSSR count). The number of nitrogens with one attached hydrogen (secondary N) is 2. The summed E-state index contributed by atoms with van der Waals surface area (Å²) in [7, 11) is 0. The van der Waals surface area contributed by atoms with Crippen molar-refractivity contribution in [2.24, 2.45) is 0 Å². The summed E-state index contributed by atoms with van der Waals surface area (Å²) in [6.07, 6.45) is 2.47. The van der Waals surface area contributed by atoms with E-state index in [4.69, 9.17) is 11.6 Å². The van der Waals surface area contributed by atoms with Crippen LogP contribution in [0, 0.1) is 0 Å². The van der Waals surface area contributed by atoms with E-state index in [2.05, 4.69) is 24.5 Å². The van der Waals surface area contributed by atoms with Crippen molar-refractivity contribution in [2.75, 3.05) is 25.5 Å². The average molecular weight is 193 g/mol. The summed E-state index contributed by atoms with van der Waals surface area (Å²) in [6.45, 7) is 7.45. The van der Waals surface area contributed by atoms with Crippen LogP contribution in [0.4, 0.5) is 0 Å². The Balaban J connectivity index is 2.97. The van der Waals surface area contributed by atoms with E-state index in [1.54, 1.807) is 0 Å². The van der Waals surface area contributed by atoms with E-state index >= 15 is 0 Å². The summed E-state index contributed by atoms with van der Waals surface area (Å²) in [5.74, 6) is 0.711. The minimum atomic E-state index is 0.646. The smallest absolute Gasteiger partial charge is 0.0348 e. The molecular formula is C9H21ClN2. The minimum absolute atomic E-state index is 0.646. The molecule has 0 aliphatic carbocycles. The van der Waals surface area contributed by atoms with Crippen molar-refractivity contribution in [2.45, 2.75) is 32.7 Å². The monoisotopic (exact) mass is 192 g/mol. The largest absolute Gasteiger partial charge is 0.316 e. The molecule has 3 heteroatoms. The average Bonchev–Trinajstić information content (AvgIpc) is 2.05. The second-order valence-corrected chi connectivity index (χ2v) is 3.42. The fourth-order valence-electron chi connectivity index (χ4n) is 1.18. The molecule has 0 aliphatic heterocycles. The first kappa shape index (κ1) is 12.2. The van der Waals surface area contributed by atoms with Gasteiger partial charge in [0.15, 0.2) is 0 Å². The highest BCUT2D eigenvalue weighted by atomic mass is 35.5. The standard InChI is InChI=1S/C9H21ClN2/c1-3-12-9(2)5-4-7-11-8-6-10/h9,11-12H,3-8H2,1-2H3. The molecule has 0 aromatic rings. The zero-order chi connectivity index (χ0) is 9.23. The van der Waals surface area contributed by atoms with Crippen molar-refractivity contribution in [3.8, 4) is 0 Å². The molecule has 2 nitrogen and oxygen atoms in total. The third-order valence-corrected chi connectivity index (χ3v) is 2.00. The van der Waals surface area contributed by atoms with Gasteiger partial charge in [-0.05, 0) is 32.9 Å². The van der Waals surface area contributed by atoms with Gasteiger partial charge in [-0.3, -0.25) is 0 Å². The quantitative estimate of drug-likeness (QED) is 0.451. The zero-order valence-electron chi connectivity index (χ0n) is 8.20. The fourth-order valence-corrected chi connectivity index (χ4v) is 1.31. The first-order chi connectivity index (χ1) is 5.81. The molecule has 0 saturated carbocycles. The van der Waals surface area contributed by atoms with Crippen LogP contribution >= 0.6 is 11.6 Å². The Morgan fingerprint density at radius 2 is 2.08 bits per heavy atom. The van der Waals surface area contributed by atoms with Gasteiger partial charge in [-0.25, -0.2) is 0 Å². The highest BCUT2D eigenvalue weighted by Crippen LogP contribution is 1.94. The van der Waals surface area contributed by atoms with E-state index < -0.39 is 0 Å². The summed E-state index contributed by atoms with van der Waals surface area (Å²) in [5, 5.41) is 6.66. The van der Waals surface area contributed by atoms with Crippen molar-refractivity contribution in [1.29, 1.82) is 0 Å². The lowest BCUT2D eigenvalue weighted by molar-refractivity contribution is 0.501. The highest BCUT2D eigenvalue weighted by molar-refractivity contribution is 6.18. The number of hydrogen-bond acceptors (Lipinski definition) is 2. The van der Waals surface area contributed by atoms with Crippen molar-refractivity contribution >= 4 is 11.6 Å². The lowest BCUT2D eigenvalue weighted by atomic mass is 10.2. The Hall–Kier alpha value is 0.210. The van der Waals surface area contributed by atoms with Crippen LogP contribution in [0.1, 0.15) is 26.7 Å². The van der Waals surface area contributed by atoms with E-state index in [-0.39, 0.29) is 0 Å². The summed E-state index contributed by atoms with van der Waals surface area (Å²) in [4.78, 5) is 0. The normalized spacial score (nSPS) is 13.2. The Morgan fingerprint density at radius 3 is 2.67 bits per heavy atom. The van der Waals surface area contributed by atoms with Gasteiger partial charge in [-0.2, -0.15) is 0 Å². The second kappa shape index (κ2) is 9.30. The number of alkyl halides is 1. The van der Waals surface area contributed by atoms with Crippen molar-refractivity contribution in [3.05, 3.63) is 0 Å². The molecule has 0 saturated heterocycles. The van der Waals surface area contributed by atoms with Gasteiger partial charge < -0.3 is 10.6 Å². The SMILES string of the molecule is CCNC(C)CCCNCCCl. The number of hydrogen-bond donors (Lipinski definition) is 2. The van der Waals surface area contributed by atoms with Crippen LogP contribution in [-0.2, 0) is 0 Å². The van der Waals surface area contributed by atoms with E-state index in [1.165, 1.54) is 12.8 Å². The van der Waals surface area contributed by atoms with Gasteiger partial charge in [0.05, 0.1) is 0 Å². The highest BCUT2D eigenvalue weighted by Gasteiger charge is 1.97. The van der Waals surface area contributed by atoms with Gasteiger partial charge in [0.25, 0.3) is 0 Å². The summed E-state index contributed by atoms with van der Waals surface area (Å²) in [6, 6.07) is 0.646. The molecule has 0 fully saturated rings. The van der Waals surface area contributed by atoms with Crippen LogP contribution in [0.2, 0.25) is 0 Å². The Morgan fingerprint density at radius 1 is 1.33 bits per heavy atom. The summed E-state index contributed by atoms with van der Waals surface area (Å²) >= 11 is 5.52. The molecule has 0 aromatic carbocycles. The molecule has 1 unspecified atom stereocenters. The van der Waals surface area contributed by atoms with Crippen LogP contribution < -0.4 is 10.6 Å². The van der Waals surface area contributed by atoms with Gasteiger partial charge >= 0.3 is 0 Å². The summed E-state index contributed by atoms with van der Waals surface area (Å²) < 4.78 is 0. The van der Waals surface area contributed by atoms with Crippen molar-refractivity contribution in [1.82, 2.24) is 10.6 Å². The van der Waals surface area contributed by atoms with E-state index in [9.17, 15) is 0 Å². The first-order valence-corrected chi connectivity index (χ1v) is 5.34. The Kier molecular flexibility index (Phi) is 9.46. The molecule has 12 heavy (non-hydrogen) atoms. The van der Waals surface area contributed by atoms with E-state index in [0.29, 0.717) is 11.9 Å². The maximum Gasteiger partial charge on any atom is 0.0348 e. The van der Waals surface area contributed by atoms with Crippen molar-refractivity contribution in [3.63, 3.8) is 0 Å². The predicted octanol–water partition coefficient (Wildman–Crippen LogP) is 1.59. The minimum Gasteiger partial charge on any atom is -0.316 e. The molecule has 0 spiro atoms. The summed E-state index contributed by atoms with van der Waals surface area (Å²) in [5.41, 5.74) is 0. The molecule has 0 aromatic heterocycles.